The van der Waals surface area contributed by atoms with Gasteiger partial charge >= 0.3 is 0 Å². The van der Waals surface area contributed by atoms with Crippen LogP contribution in [0.5, 0.6) is 0 Å². The zero-order valence-electron chi connectivity index (χ0n) is 15.7. The molecule has 0 bridgehead atoms. The second-order valence-electron chi connectivity index (χ2n) is 6.84. The van der Waals surface area contributed by atoms with Gasteiger partial charge in [-0.25, -0.2) is 8.78 Å². The van der Waals surface area contributed by atoms with Crippen LogP contribution in [0.25, 0.3) is 12.2 Å². The van der Waals surface area contributed by atoms with Gasteiger partial charge in [0.15, 0.2) is 0 Å². The van der Waals surface area contributed by atoms with Crippen molar-refractivity contribution >= 4 is 12.2 Å². The van der Waals surface area contributed by atoms with Gasteiger partial charge in [-0.15, -0.1) is 0 Å². The maximum atomic E-state index is 14.1. The number of hydrogen-bond acceptors (Lipinski definition) is 1. The van der Waals surface area contributed by atoms with E-state index in [4.69, 9.17) is 0 Å². The number of nitrogens with zero attached hydrogens (tertiary/aromatic N) is 1. The van der Waals surface area contributed by atoms with E-state index in [1.54, 1.807) is 36.7 Å². The molecule has 1 heterocycles. The van der Waals surface area contributed by atoms with Crippen LogP contribution in [-0.4, -0.2) is 4.98 Å². The van der Waals surface area contributed by atoms with Crippen molar-refractivity contribution in [3.05, 3.63) is 114 Å². The lowest BCUT2D eigenvalue weighted by atomic mass is 9.60. The third-order valence-electron chi connectivity index (χ3n) is 5.32. The highest BCUT2D eigenvalue weighted by molar-refractivity contribution is 5.54. The van der Waals surface area contributed by atoms with E-state index in [0.29, 0.717) is 11.1 Å². The first-order chi connectivity index (χ1) is 13.6. The standard InChI is InChI=1S/C20H18F2.C5H5N/c1-3-14-6-8-16(12-18(14)21)20(10-5-11-20)17-9-7-15(4-2)19(22)13-17;1-2-4-6-5-3-1/h3-4,6-9,12-13H,1-2,5,10-11H2;1-5H. The molecule has 1 aliphatic carbocycles. The van der Waals surface area contributed by atoms with Crippen molar-refractivity contribution in [3.8, 4) is 0 Å². The molecule has 1 aliphatic rings. The van der Waals surface area contributed by atoms with Crippen molar-refractivity contribution in [1.82, 2.24) is 4.98 Å². The van der Waals surface area contributed by atoms with Crippen LogP contribution in [0.1, 0.15) is 41.5 Å². The van der Waals surface area contributed by atoms with E-state index < -0.39 is 0 Å². The molecule has 3 heteroatoms. The highest BCUT2D eigenvalue weighted by Crippen LogP contribution is 2.49. The number of pyridine rings is 1. The van der Waals surface area contributed by atoms with Crippen LogP contribution < -0.4 is 0 Å². The predicted octanol–water partition coefficient (Wildman–Crippen LogP) is 6.80. The summed E-state index contributed by atoms with van der Waals surface area (Å²) in [6.45, 7) is 7.22. The highest BCUT2D eigenvalue weighted by Gasteiger charge is 2.40. The van der Waals surface area contributed by atoms with Gasteiger partial charge < -0.3 is 0 Å². The van der Waals surface area contributed by atoms with Gasteiger partial charge in [0.1, 0.15) is 11.6 Å². The molecule has 0 spiro atoms. The highest BCUT2D eigenvalue weighted by atomic mass is 19.1. The zero-order chi connectivity index (χ0) is 20.0. The van der Waals surface area contributed by atoms with Crippen LogP contribution in [0.3, 0.4) is 0 Å². The lowest BCUT2D eigenvalue weighted by Crippen LogP contribution is -2.35. The third kappa shape index (κ3) is 3.94. The summed E-state index contributed by atoms with van der Waals surface area (Å²) in [5, 5.41) is 0. The molecule has 142 valence electrons. The average Bonchev–Trinajstić information content (AvgIpc) is 2.69. The molecule has 2 aromatic carbocycles. The van der Waals surface area contributed by atoms with Crippen molar-refractivity contribution in [2.24, 2.45) is 0 Å². The molecule has 0 saturated heterocycles. The minimum Gasteiger partial charge on any atom is -0.265 e. The second-order valence-corrected chi connectivity index (χ2v) is 6.84. The summed E-state index contributed by atoms with van der Waals surface area (Å²) in [7, 11) is 0. The Balaban J connectivity index is 0.000000320. The summed E-state index contributed by atoms with van der Waals surface area (Å²) in [6, 6.07) is 16.2. The molecule has 0 aliphatic heterocycles. The van der Waals surface area contributed by atoms with Crippen LogP contribution in [0, 0.1) is 11.6 Å². The molecule has 0 atom stereocenters. The summed E-state index contributed by atoms with van der Waals surface area (Å²) in [5.74, 6) is -0.552. The van der Waals surface area contributed by atoms with E-state index in [1.807, 2.05) is 30.3 Å². The van der Waals surface area contributed by atoms with E-state index in [0.717, 1.165) is 30.4 Å². The van der Waals surface area contributed by atoms with Gasteiger partial charge in [0.25, 0.3) is 0 Å². The molecule has 1 fully saturated rings. The van der Waals surface area contributed by atoms with E-state index in [-0.39, 0.29) is 17.0 Å². The summed E-state index contributed by atoms with van der Waals surface area (Å²) >= 11 is 0. The molecular weight excluding hydrogens is 352 g/mol. The Morgan fingerprint density at radius 2 is 1.29 bits per heavy atom. The minimum atomic E-state index is -0.277. The first-order valence-corrected chi connectivity index (χ1v) is 9.30. The van der Waals surface area contributed by atoms with E-state index in [9.17, 15) is 8.78 Å². The molecule has 1 nitrogen and oxygen atoms in total. The number of aromatic nitrogens is 1. The van der Waals surface area contributed by atoms with Crippen molar-refractivity contribution in [2.45, 2.75) is 24.7 Å². The molecule has 4 rings (SSSR count). The maximum absolute atomic E-state index is 14.1. The van der Waals surface area contributed by atoms with Gasteiger partial charge in [-0.1, -0.05) is 62.1 Å². The van der Waals surface area contributed by atoms with Crippen LogP contribution >= 0.6 is 0 Å². The molecule has 3 aromatic rings. The Bertz CT molecular complexity index is 873. The van der Waals surface area contributed by atoms with Crippen LogP contribution in [-0.2, 0) is 5.41 Å². The molecule has 28 heavy (non-hydrogen) atoms. The molecule has 0 radical (unpaired) electrons. The monoisotopic (exact) mass is 375 g/mol. The number of benzene rings is 2. The Hall–Kier alpha value is -3.07. The lowest BCUT2D eigenvalue weighted by molar-refractivity contribution is 0.299. The van der Waals surface area contributed by atoms with Crippen molar-refractivity contribution in [2.75, 3.05) is 0 Å². The Morgan fingerprint density at radius 3 is 1.54 bits per heavy atom. The quantitative estimate of drug-likeness (QED) is 0.488. The smallest absolute Gasteiger partial charge is 0.130 e. The van der Waals surface area contributed by atoms with E-state index >= 15 is 0 Å². The Morgan fingerprint density at radius 1 is 0.786 bits per heavy atom. The topological polar surface area (TPSA) is 12.9 Å². The first kappa shape index (κ1) is 19.7. The SMILES string of the molecule is C=Cc1ccc(C2(c3ccc(C=C)c(F)c3)CCC2)cc1F.c1ccncc1. The molecule has 0 amide bonds. The van der Waals surface area contributed by atoms with Gasteiger partial charge in [0.05, 0.1) is 0 Å². The van der Waals surface area contributed by atoms with E-state index in [1.165, 1.54) is 12.2 Å². The minimum absolute atomic E-state index is 0.276. The summed E-state index contributed by atoms with van der Waals surface area (Å²) in [6.07, 6.45) is 9.39. The van der Waals surface area contributed by atoms with Crippen molar-refractivity contribution < 1.29 is 8.78 Å². The van der Waals surface area contributed by atoms with Gasteiger partial charge in [0.2, 0.25) is 0 Å². The zero-order valence-corrected chi connectivity index (χ0v) is 15.7. The molecule has 1 saturated carbocycles. The second kappa shape index (κ2) is 8.75. The van der Waals surface area contributed by atoms with Crippen molar-refractivity contribution in [1.29, 1.82) is 0 Å². The Kier molecular flexibility index (Phi) is 6.15. The first-order valence-electron chi connectivity index (χ1n) is 9.30. The van der Waals surface area contributed by atoms with Gasteiger partial charge in [-0.3, -0.25) is 4.98 Å². The van der Waals surface area contributed by atoms with Crippen LogP contribution in [0.4, 0.5) is 8.78 Å². The fourth-order valence-electron chi connectivity index (χ4n) is 3.57. The van der Waals surface area contributed by atoms with Gasteiger partial charge in [-0.2, -0.15) is 0 Å². The number of halogens is 2. The largest absolute Gasteiger partial charge is 0.265 e. The maximum Gasteiger partial charge on any atom is 0.130 e. The molecule has 0 N–H and O–H groups in total. The van der Waals surface area contributed by atoms with Gasteiger partial charge in [-0.05, 0) is 48.2 Å². The fourth-order valence-corrected chi connectivity index (χ4v) is 3.57. The van der Waals surface area contributed by atoms with Crippen LogP contribution in [0.15, 0.2) is 80.1 Å². The van der Waals surface area contributed by atoms with E-state index in [2.05, 4.69) is 18.1 Å². The normalized spacial score (nSPS) is 14.2. The molecule has 0 unspecified atom stereocenters. The number of rotatable bonds is 4. The average molecular weight is 375 g/mol. The summed E-state index contributed by atoms with van der Waals surface area (Å²) < 4.78 is 28.2. The Labute approximate surface area is 165 Å². The lowest BCUT2D eigenvalue weighted by Gasteiger charge is -2.43. The summed E-state index contributed by atoms with van der Waals surface area (Å²) in [4.78, 5) is 3.78. The summed E-state index contributed by atoms with van der Waals surface area (Å²) in [5.41, 5.74) is 2.53. The van der Waals surface area contributed by atoms with Gasteiger partial charge in [0, 0.05) is 28.9 Å². The number of hydrogen-bond donors (Lipinski definition) is 0. The van der Waals surface area contributed by atoms with Crippen LogP contribution in [0.2, 0.25) is 0 Å². The third-order valence-corrected chi connectivity index (χ3v) is 5.32. The predicted molar refractivity (Wildman–Crippen MR) is 112 cm³/mol. The fraction of sp³-hybridized carbons (Fsp3) is 0.160. The van der Waals surface area contributed by atoms with Crippen molar-refractivity contribution in [3.63, 3.8) is 0 Å². The molecular formula is C25H23F2N. The molecule has 1 aromatic heterocycles.